The molecule has 0 aliphatic carbocycles. The molecule has 1 saturated heterocycles. The summed E-state index contributed by atoms with van der Waals surface area (Å²) in [6.45, 7) is 3.55. The Kier molecular flexibility index (Phi) is 7.39. The van der Waals surface area contributed by atoms with E-state index in [1.807, 2.05) is 62.3 Å². The third-order valence-corrected chi connectivity index (χ3v) is 5.08. The molecule has 0 radical (unpaired) electrons. The highest BCUT2D eigenvalue weighted by molar-refractivity contribution is 6.35. The standard InChI is InChI=1S/C20H31N5O3/c1-15(26)24-10-12-25(13-11-24)20(28)19(27)21-14-18(23(4)5)16-6-8-17(9-7-16)22(2)3/h6-9,18H,10-14H2,1-5H3,(H,21,27)/t18-/m0/s1. The van der Waals surface area contributed by atoms with Crippen LogP contribution in [0.25, 0.3) is 0 Å². The fourth-order valence-corrected chi connectivity index (χ4v) is 3.23. The third kappa shape index (κ3) is 5.45. The van der Waals surface area contributed by atoms with E-state index in [2.05, 4.69) is 5.32 Å². The van der Waals surface area contributed by atoms with Crippen molar-refractivity contribution in [2.45, 2.75) is 13.0 Å². The molecule has 0 aromatic heterocycles. The molecule has 28 heavy (non-hydrogen) atoms. The Morgan fingerprint density at radius 3 is 1.96 bits per heavy atom. The van der Waals surface area contributed by atoms with E-state index in [9.17, 15) is 14.4 Å². The van der Waals surface area contributed by atoms with Gasteiger partial charge >= 0.3 is 11.8 Å². The van der Waals surface area contributed by atoms with Crippen molar-refractivity contribution in [1.29, 1.82) is 0 Å². The zero-order valence-electron chi connectivity index (χ0n) is 17.4. The molecule has 1 aromatic carbocycles. The summed E-state index contributed by atoms with van der Waals surface area (Å²) in [5.41, 5.74) is 2.17. The highest BCUT2D eigenvalue weighted by Gasteiger charge is 2.27. The van der Waals surface area contributed by atoms with E-state index < -0.39 is 11.8 Å². The zero-order chi connectivity index (χ0) is 20.8. The lowest BCUT2D eigenvalue weighted by Crippen LogP contribution is -2.53. The van der Waals surface area contributed by atoms with Gasteiger partial charge in [-0.1, -0.05) is 12.1 Å². The van der Waals surface area contributed by atoms with Gasteiger partial charge in [0.1, 0.15) is 0 Å². The molecular formula is C20H31N5O3. The number of piperazine rings is 1. The van der Waals surface area contributed by atoms with Crippen LogP contribution in [0, 0.1) is 0 Å². The molecular weight excluding hydrogens is 358 g/mol. The van der Waals surface area contributed by atoms with Crippen LogP contribution in [-0.4, -0.2) is 93.3 Å². The maximum Gasteiger partial charge on any atom is 0.312 e. The number of rotatable bonds is 5. The topological polar surface area (TPSA) is 76.2 Å². The largest absolute Gasteiger partial charge is 0.378 e. The van der Waals surface area contributed by atoms with Crippen LogP contribution in [0.1, 0.15) is 18.5 Å². The molecule has 0 bridgehead atoms. The van der Waals surface area contributed by atoms with Crippen LogP contribution in [0.2, 0.25) is 0 Å². The molecule has 2 rings (SSSR count). The van der Waals surface area contributed by atoms with Crippen molar-refractivity contribution in [1.82, 2.24) is 20.0 Å². The minimum atomic E-state index is -0.604. The molecule has 8 heteroatoms. The molecule has 1 N–H and O–H groups in total. The molecule has 1 fully saturated rings. The van der Waals surface area contributed by atoms with Gasteiger partial charge in [-0.2, -0.15) is 0 Å². The van der Waals surface area contributed by atoms with E-state index >= 15 is 0 Å². The Bertz CT molecular complexity index is 694. The van der Waals surface area contributed by atoms with Crippen LogP contribution in [0.15, 0.2) is 24.3 Å². The molecule has 1 aliphatic heterocycles. The number of nitrogens with zero attached hydrogens (tertiary/aromatic N) is 4. The van der Waals surface area contributed by atoms with E-state index in [0.717, 1.165) is 11.3 Å². The number of likely N-dealkylation sites (N-methyl/N-ethyl adjacent to an activating group) is 1. The number of anilines is 1. The van der Waals surface area contributed by atoms with E-state index in [1.165, 1.54) is 11.8 Å². The van der Waals surface area contributed by atoms with E-state index in [1.54, 1.807) is 4.90 Å². The Hall–Kier alpha value is -2.61. The van der Waals surface area contributed by atoms with Gasteiger partial charge in [-0.15, -0.1) is 0 Å². The zero-order valence-corrected chi connectivity index (χ0v) is 17.4. The summed E-state index contributed by atoms with van der Waals surface area (Å²) in [6.07, 6.45) is 0. The number of carbonyl (C=O) groups excluding carboxylic acids is 3. The molecule has 1 heterocycles. The molecule has 3 amide bonds. The first kappa shape index (κ1) is 21.7. The van der Waals surface area contributed by atoms with Gasteiger partial charge in [-0.25, -0.2) is 0 Å². The lowest BCUT2D eigenvalue weighted by Gasteiger charge is -2.34. The van der Waals surface area contributed by atoms with Crippen LogP contribution < -0.4 is 10.2 Å². The molecule has 8 nitrogen and oxygen atoms in total. The van der Waals surface area contributed by atoms with Crippen molar-refractivity contribution < 1.29 is 14.4 Å². The first-order chi connectivity index (χ1) is 13.2. The average Bonchev–Trinajstić information content (AvgIpc) is 2.67. The average molecular weight is 390 g/mol. The van der Waals surface area contributed by atoms with Crippen LogP contribution in [0.5, 0.6) is 0 Å². The summed E-state index contributed by atoms with van der Waals surface area (Å²) >= 11 is 0. The van der Waals surface area contributed by atoms with Crippen molar-refractivity contribution in [2.75, 3.05) is 65.8 Å². The minimum absolute atomic E-state index is 0.00865. The molecule has 154 valence electrons. The van der Waals surface area contributed by atoms with Crippen LogP contribution >= 0.6 is 0 Å². The van der Waals surface area contributed by atoms with Crippen molar-refractivity contribution in [3.8, 4) is 0 Å². The van der Waals surface area contributed by atoms with E-state index in [4.69, 9.17) is 0 Å². The van der Waals surface area contributed by atoms with Crippen LogP contribution in [-0.2, 0) is 14.4 Å². The van der Waals surface area contributed by atoms with Gasteiger partial charge in [0, 0.05) is 59.4 Å². The Labute approximate surface area is 167 Å². The highest BCUT2D eigenvalue weighted by Crippen LogP contribution is 2.21. The summed E-state index contributed by atoms with van der Waals surface area (Å²) in [6, 6.07) is 8.10. The fraction of sp³-hybridized carbons (Fsp3) is 0.550. The lowest BCUT2D eigenvalue weighted by atomic mass is 10.1. The summed E-state index contributed by atoms with van der Waals surface area (Å²) in [5, 5.41) is 2.77. The number of amides is 3. The van der Waals surface area contributed by atoms with Gasteiger partial charge in [0.15, 0.2) is 0 Å². The molecule has 0 spiro atoms. The number of benzene rings is 1. The van der Waals surface area contributed by atoms with Gasteiger partial charge in [-0.05, 0) is 31.8 Å². The monoisotopic (exact) mass is 389 g/mol. The SMILES string of the molecule is CC(=O)N1CCN(C(=O)C(=O)NC[C@@H](c2ccc(N(C)C)cc2)N(C)C)CC1. The van der Waals surface area contributed by atoms with Gasteiger partial charge in [-0.3, -0.25) is 14.4 Å². The number of hydrogen-bond acceptors (Lipinski definition) is 5. The van der Waals surface area contributed by atoms with Gasteiger partial charge in [0.25, 0.3) is 0 Å². The maximum atomic E-state index is 12.4. The Morgan fingerprint density at radius 2 is 1.50 bits per heavy atom. The lowest BCUT2D eigenvalue weighted by molar-refractivity contribution is -0.148. The van der Waals surface area contributed by atoms with Gasteiger partial charge < -0.3 is 24.9 Å². The van der Waals surface area contributed by atoms with Crippen LogP contribution in [0.4, 0.5) is 5.69 Å². The van der Waals surface area contributed by atoms with Crippen molar-refractivity contribution in [3.63, 3.8) is 0 Å². The van der Waals surface area contributed by atoms with E-state index in [-0.39, 0.29) is 11.9 Å². The molecule has 1 aliphatic rings. The minimum Gasteiger partial charge on any atom is -0.378 e. The van der Waals surface area contributed by atoms with Gasteiger partial charge in [0.2, 0.25) is 5.91 Å². The predicted octanol–water partition coefficient (Wildman–Crippen LogP) is 0.162. The van der Waals surface area contributed by atoms with Crippen LogP contribution in [0.3, 0.4) is 0 Å². The smallest absolute Gasteiger partial charge is 0.312 e. The quantitative estimate of drug-likeness (QED) is 0.726. The second-order valence-electron chi connectivity index (χ2n) is 7.47. The maximum absolute atomic E-state index is 12.4. The summed E-state index contributed by atoms with van der Waals surface area (Å²) in [5.74, 6) is -1.15. The molecule has 0 saturated carbocycles. The second kappa shape index (κ2) is 9.54. The summed E-state index contributed by atoms with van der Waals surface area (Å²) < 4.78 is 0. The summed E-state index contributed by atoms with van der Waals surface area (Å²) in [7, 11) is 7.86. The Morgan fingerprint density at radius 1 is 0.964 bits per heavy atom. The first-order valence-electron chi connectivity index (χ1n) is 9.47. The fourth-order valence-electron chi connectivity index (χ4n) is 3.23. The number of hydrogen-bond donors (Lipinski definition) is 1. The third-order valence-electron chi connectivity index (χ3n) is 5.08. The van der Waals surface area contributed by atoms with Gasteiger partial charge in [0.05, 0.1) is 6.04 Å². The predicted molar refractivity (Wildman–Crippen MR) is 109 cm³/mol. The molecule has 0 unspecified atom stereocenters. The first-order valence-corrected chi connectivity index (χ1v) is 9.47. The molecule has 1 atom stereocenters. The summed E-state index contributed by atoms with van der Waals surface area (Å²) in [4.78, 5) is 43.4. The number of carbonyl (C=O) groups is 3. The van der Waals surface area contributed by atoms with E-state index in [0.29, 0.717) is 32.7 Å². The highest BCUT2D eigenvalue weighted by atomic mass is 16.2. The normalized spacial score (nSPS) is 15.4. The second-order valence-corrected chi connectivity index (χ2v) is 7.47. The molecule has 1 aromatic rings. The Balaban J connectivity index is 1.93. The number of nitrogens with one attached hydrogen (secondary N) is 1. The van der Waals surface area contributed by atoms with Crippen molar-refractivity contribution in [3.05, 3.63) is 29.8 Å². The van der Waals surface area contributed by atoms with Crippen molar-refractivity contribution >= 4 is 23.4 Å². The van der Waals surface area contributed by atoms with Crippen molar-refractivity contribution in [2.24, 2.45) is 0 Å².